The largest absolute Gasteiger partial charge is 0.469 e. The van der Waals surface area contributed by atoms with Gasteiger partial charge in [-0.3, -0.25) is 14.9 Å². The van der Waals surface area contributed by atoms with Crippen molar-refractivity contribution in [1.29, 1.82) is 0 Å². The third-order valence-electron chi connectivity index (χ3n) is 6.02. The molecule has 0 spiro atoms. The monoisotopic (exact) mass is 446 g/mol. The maximum Gasteiger partial charge on any atom is 0.305 e. The number of fused-ring (bicyclic) bond motifs is 1. The second-order valence-electron chi connectivity index (χ2n) is 8.00. The van der Waals surface area contributed by atoms with E-state index in [-0.39, 0.29) is 24.2 Å². The molecule has 7 heteroatoms. The molecular formula is C23H24Cl2N2O3. The summed E-state index contributed by atoms with van der Waals surface area (Å²) in [5.74, 6) is -0.215. The van der Waals surface area contributed by atoms with Gasteiger partial charge in [0, 0.05) is 33.6 Å². The summed E-state index contributed by atoms with van der Waals surface area (Å²) in [6.45, 7) is 0.727. The Morgan fingerprint density at radius 1 is 1.23 bits per heavy atom. The van der Waals surface area contributed by atoms with Gasteiger partial charge in [-0.05, 0) is 61.6 Å². The summed E-state index contributed by atoms with van der Waals surface area (Å²) in [6.07, 6.45) is 2.93. The van der Waals surface area contributed by atoms with Crippen LogP contribution < -0.4 is 10.6 Å². The highest BCUT2D eigenvalue weighted by Crippen LogP contribution is 2.49. The summed E-state index contributed by atoms with van der Waals surface area (Å²) in [6, 6.07) is 12.9. The van der Waals surface area contributed by atoms with Crippen LogP contribution in [0.4, 0.5) is 5.69 Å². The number of carbonyl (C=O) groups is 2. The summed E-state index contributed by atoms with van der Waals surface area (Å²) in [5.41, 5.74) is 1.40. The van der Waals surface area contributed by atoms with E-state index >= 15 is 0 Å². The van der Waals surface area contributed by atoms with E-state index in [1.807, 2.05) is 24.3 Å². The van der Waals surface area contributed by atoms with E-state index in [1.165, 1.54) is 7.11 Å². The van der Waals surface area contributed by atoms with Gasteiger partial charge < -0.3 is 10.1 Å². The van der Waals surface area contributed by atoms with Crippen LogP contribution in [0.15, 0.2) is 42.5 Å². The van der Waals surface area contributed by atoms with E-state index in [0.717, 1.165) is 30.5 Å². The SMILES string of the molecule is COC(=O)CCC(c1cccc(Cl)c1)[C@@]1(NCC2CC2)C(=O)Nc2cc(Cl)ccc21. The quantitative estimate of drug-likeness (QED) is 0.567. The number of methoxy groups -OCH3 is 1. The number of hydrogen-bond acceptors (Lipinski definition) is 4. The average Bonchev–Trinajstić information content (AvgIpc) is 3.51. The average molecular weight is 447 g/mol. The van der Waals surface area contributed by atoms with Crippen LogP contribution in [0.1, 0.15) is 42.7 Å². The Labute approximate surface area is 186 Å². The van der Waals surface area contributed by atoms with Crippen molar-refractivity contribution in [2.24, 2.45) is 5.92 Å². The van der Waals surface area contributed by atoms with E-state index in [0.29, 0.717) is 28.1 Å². The zero-order valence-electron chi connectivity index (χ0n) is 16.7. The van der Waals surface area contributed by atoms with Crippen molar-refractivity contribution in [1.82, 2.24) is 5.32 Å². The van der Waals surface area contributed by atoms with Crippen LogP contribution in [-0.4, -0.2) is 25.5 Å². The van der Waals surface area contributed by atoms with Gasteiger partial charge in [0.05, 0.1) is 7.11 Å². The Hall–Kier alpha value is -2.08. The Morgan fingerprint density at radius 2 is 2.00 bits per heavy atom. The highest BCUT2D eigenvalue weighted by molar-refractivity contribution is 6.31. The van der Waals surface area contributed by atoms with Gasteiger partial charge in [-0.25, -0.2) is 0 Å². The van der Waals surface area contributed by atoms with E-state index in [1.54, 1.807) is 18.2 Å². The molecule has 158 valence electrons. The van der Waals surface area contributed by atoms with Crippen LogP contribution in [0, 0.1) is 5.92 Å². The summed E-state index contributed by atoms with van der Waals surface area (Å²) in [4.78, 5) is 25.5. The Morgan fingerprint density at radius 3 is 2.70 bits per heavy atom. The second kappa shape index (κ2) is 8.58. The minimum absolute atomic E-state index is 0.143. The van der Waals surface area contributed by atoms with Crippen LogP contribution in [0.3, 0.4) is 0 Å². The van der Waals surface area contributed by atoms with Crippen LogP contribution >= 0.6 is 23.2 Å². The van der Waals surface area contributed by atoms with Crippen LogP contribution in [0.25, 0.3) is 0 Å². The second-order valence-corrected chi connectivity index (χ2v) is 8.87. The molecule has 1 aliphatic heterocycles. The van der Waals surface area contributed by atoms with Gasteiger partial charge in [-0.15, -0.1) is 0 Å². The first kappa shape index (κ1) is 21.2. The van der Waals surface area contributed by atoms with Crippen molar-refractivity contribution < 1.29 is 14.3 Å². The first-order valence-electron chi connectivity index (χ1n) is 10.1. The highest BCUT2D eigenvalue weighted by atomic mass is 35.5. The van der Waals surface area contributed by atoms with Gasteiger partial charge in [0.1, 0.15) is 5.54 Å². The molecule has 2 aromatic rings. The zero-order valence-corrected chi connectivity index (χ0v) is 18.2. The number of anilines is 1. The lowest BCUT2D eigenvalue weighted by Gasteiger charge is -2.37. The molecule has 0 bridgehead atoms. The number of rotatable bonds is 8. The van der Waals surface area contributed by atoms with Crippen molar-refractivity contribution in [2.75, 3.05) is 19.0 Å². The number of benzene rings is 2. The molecular weight excluding hydrogens is 423 g/mol. The molecule has 0 aromatic heterocycles. The van der Waals surface area contributed by atoms with Crippen LogP contribution in [-0.2, 0) is 19.9 Å². The highest BCUT2D eigenvalue weighted by Gasteiger charge is 2.53. The molecule has 1 heterocycles. The molecule has 2 aliphatic rings. The maximum absolute atomic E-state index is 13.5. The standard InChI is InChI=1S/C23H24Cl2N2O3/c1-30-21(28)10-9-18(15-3-2-4-16(24)11-15)23(26-13-14-5-6-14)19-8-7-17(25)12-20(19)27-22(23)29/h2-4,7-8,11-12,14,18,26H,5-6,9-10,13H2,1H3,(H,27,29)/t18?,23-/m0/s1. The molecule has 2 aromatic carbocycles. The number of hydrogen-bond donors (Lipinski definition) is 2. The van der Waals surface area contributed by atoms with Gasteiger partial charge in [-0.2, -0.15) is 0 Å². The van der Waals surface area contributed by atoms with Crippen molar-refractivity contribution in [3.8, 4) is 0 Å². The third-order valence-corrected chi connectivity index (χ3v) is 6.49. The predicted octanol–water partition coefficient (Wildman–Crippen LogP) is 4.88. The van der Waals surface area contributed by atoms with Crippen molar-refractivity contribution in [3.63, 3.8) is 0 Å². The predicted molar refractivity (Wildman–Crippen MR) is 118 cm³/mol. The molecule has 1 saturated carbocycles. The van der Waals surface area contributed by atoms with Crippen LogP contribution in [0.5, 0.6) is 0 Å². The zero-order chi connectivity index (χ0) is 21.3. The summed E-state index contributed by atoms with van der Waals surface area (Å²) in [7, 11) is 1.37. The van der Waals surface area contributed by atoms with Crippen molar-refractivity contribution >= 4 is 40.8 Å². The number of carbonyl (C=O) groups excluding carboxylic acids is 2. The van der Waals surface area contributed by atoms with E-state index in [4.69, 9.17) is 27.9 Å². The molecule has 30 heavy (non-hydrogen) atoms. The molecule has 2 N–H and O–H groups in total. The number of esters is 1. The fourth-order valence-electron chi connectivity index (χ4n) is 4.30. The normalized spacial score (nSPS) is 21.1. The number of nitrogens with one attached hydrogen (secondary N) is 2. The molecule has 0 saturated heterocycles. The number of halogens is 2. The lowest BCUT2D eigenvalue weighted by molar-refractivity contribution is -0.141. The number of ether oxygens (including phenoxy) is 1. The van der Waals surface area contributed by atoms with Crippen molar-refractivity contribution in [2.45, 2.75) is 37.1 Å². The minimum atomic E-state index is -1.03. The fourth-order valence-corrected chi connectivity index (χ4v) is 4.67. The lowest BCUT2D eigenvalue weighted by atomic mass is 9.72. The fraction of sp³-hybridized carbons (Fsp3) is 0.391. The maximum atomic E-state index is 13.5. The van der Waals surface area contributed by atoms with E-state index in [2.05, 4.69) is 10.6 Å². The van der Waals surface area contributed by atoms with Crippen molar-refractivity contribution in [3.05, 3.63) is 63.6 Å². The van der Waals surface area contributed by atoms with E-state index in [9.17, 15) is 9.59 Å². The summed E-state index contributed by atoms with van der Waals surface area (Å²) >= 11 is 12.5. The van der Waals surface area contributed by atoms with E-state index < -0.39 is 5.54 Å². The molecule has 4 rings (SSSR count). The molecule has 1 fully saturated rings. The van der Waals surface area contributed by atoms with Gasteiger partial charge in [0.25, 0.3) is 0 Å². The molecule has 0 radical (unpaired) electrons. The van der Waals surface area contributed by atoms with Gasteiger partial charge >= 0.3 is 5.97 Å². The Balaban J connectivity index is 1.83. The topological polar surface area (TPSA) is 67.4 Å². The molecule has 1 amide bonds. The van der Waals surface area contributed by atoms with Gasteiger partial charge in [0.2, 0.25) is 5.91 Å². The lowest BCUT2D eigenvalue weighted by Crippen LogP contribution is -2.53. The molecule has 1 unspecified atom stereocenters. The third kappa shape index (κ3) is 4.07. The summed E-state index contributed by atoms with van der Waals surface area (Å²) < 4.78 is 4.87. The summed E-state index contributed by atoms with van der Waals surface area (Å²) in [5, 5.41) is 7.74. The molecule has 5 nitrogen and oxygen atoms in total. The van der Waals surface area contributed by atoms with Crippen LogP contribution in [0.2, 0.25) is 10.0 Å². The Bertz CT molecular complexity index is 977. The minimum Gasteiger partial charge on any atom is -0.469 e. The molecule has 1 aliphatic carbocycles. The smallest absolute Gasteiger partial charge is 0.305 e. The first-order chi connectivity index (χ1) is 14.4. The Kier molecular flexibility index (Phi) is 6.05. The van der Waals surface area contributed by atoms with Gasteiger partial charge in [0.15, 0.2) is 0 Å². The van der Waals surface area contributed by atoms with Gasteiger partial charge in [-0.1, -0.05) is 41.4 Å². The molecule has 2 atom stereocenters. The first-order valence-corrected chi connectivity index (χ1v) is 10.9. The number of amides is 1.